The van der Waals surface area contributed by atoms with E-state index in [1.165, 1.54) is 18.7 Å². The number of fused-ring (bicyclic) bond motifs is 9. The Balaban J connectivity index is 1.25. The normalized spacial score (nSPS) is 29.2. The van der Waals surface area contributed by atoms with Crippen LogP contribution in [0.1, 0.15) is 29.7 Å². The Labute approximate surface area is 258 Å². The maximum absolute atomic E-state index is 13.6. The molecule has 2 saturated carbocycles. The van der Waals surface area contributed by atoms with Gasteiger partial charge in [0.05, 0.1) is 16.9 Å². The second-order valence-electron chi connectivity index (χ2n) is 11.4. The van der Waals surface area contributed by atoms with Gasteiger partial charge in [-0.1, -0.05) is 41.1 Å². The molecule has 2 aliphatic heterocycles. The van der Waals surface area contributed by atoms with Gasteiger partial charge in [0.25, 0.3) is 5.91 Å². The number of para-hydroxylation sites is 1. The number of hydrogen-bond acceptors (Lipinski definition) is 8. The summed E-state index contributed by atoms with van der Waals surface area (Å²) in [5.41, 5.74) is 1.34. The summed E-state index contributed by atoms with van der Waals surface area (Å²) in [7, 11) is 0. The first-order valence-corrected chi connectivity index (χ1v) is 16.0. The lowest BCUT2D eigenvalue weighted by atomic mass is 9.68. The number of carbonyl (C=O) groups is 4. The Bertz CT molecular complexity index is 1730. The van der Waals surface area contributed by atoms with Crippen LogP contribution in [0.15, 0.2) is 58.4 Å². The smallest absolute Gasteiger partial charge is 0.326 e. The molecular weight excluding hydrogens is 614 g/mol. The minimum Gasteiger partial charge on any atom is -0.483 e. The lowest BCUT2D eigenvalue weighted by Crippen LogP contribution is -2.44. The summed E-state index contributed by atoms with van der Waals surface area (Å²) in [4.78, 5) is 68.7. The zero-order chi connectivity index (χ0) is 30.2. The predicted molar refractivity (Wildman–Crippen MR) is 159 cm³/mol. The molecule has 3 fully saturated rings. The number of imide groups is 1. The number of carbonyl (C=O) groups excluding carboxylic acids is 3. The van der Waals surface area contributed by atoms with Crippen LogP contribution in [-0.4, -0.2) is 56.6 Å². The number of nitrogens with zero attached hydrogens (tertiary/aromatic N) is 1. The summed E-state index contributed by atoms with van der Waals surface area (Å²) >= 11 is 9.13. The summed E-state index contributed by atoms with van der Waals surface area (Å²) in [5, 5.41) is 13.5. The van der Waals surface area contributed by atoms with Crippen LogP contribution in [0.2, 0.25) is 5.02 Å². The number of hydrogen-bond donors (Lipinski definition) is 3. The average molecular weight is 640 g/mol. The number of thioether (sulfide) groups is 1. The van der Waals surface area contributed by atoms with Crippen molar-refractivity contribution in [1.82, 2.24) is 9.88 Å². The van der Waals surface area contributed by atoms with Crippen LogP contribution in [0.25, 0.3) is 0 Å². The molecular formula is C30H26ClN3O7S2. The fourth-order valence-corrected chi connectivity index (χ4v) is 10.7. The van der Waals surface area contributed by atoms with Crippen LogP contribution in [0.5, 0.6) is 5.75 Å². The molecule has 1 saturated heterocycles. The first-order chi connectivity index (χ1) is 20.6. The SMILES string of the molecule is CC(C(=O)O)N1C(=O)C2C3CC(C2C1=O)C1C3Sc2[nH]c(=O)sc2[C@@H]1c1cc(Cl)ccc1OCC(=O)Nc1ccccc1. The molecule has 7 rings (SSSR count). The summed E-state index contributed by atoms with van der Waals surface area (Å²) in [5.74, 6) is -4.11. The van der Waals surface area contributed by atoms with Crippen molar-refractivity contribution in [3.8, 4) is 5.75 Å². The summed E-state index contributed by atoms with van der Waals surface area (Å²) in [6.45, 7) is 1.10. The Hall–Kier alpha value is -3.61. The fourth-order valence-electron chi connectivity index (χ4n) is 7.64. The van der Waals surface area contributed by atoms with Crippen molar-refractivity contribution in [1.29, 1.82) is 0 Å². The molecule has 3 aromatic rings. The van der Waals surface area contributed by atoms with E-state index < -0.39 is 35.7 Å². The van der Waals surface area contributed by atoms with E-state index in [0.29, 0.717) is 33.5 Å². The van der Waals surface area contributed by atoms with E-state index in [9.17, 15) is 29.1 Å². The number of rotatable bonds is 7. The third kappa shape index (κ3) is 4.49. The van der Waals surface area contributed by atoms with Gasteiger partial charge in [-0.15, -0.1) is 11.8 Å². The monoisotopic (exact) mass is 639 g/mol. The maximum Gasteiger partial charge on any atom is 0.326 e. The van der Waals surface area contributed by atoms with Gasteiger partial charge in [-0.25, -0.2) is 4.79 Å². The van der Waals surface area contributed by atoms with E-state index in [-0.39, 0.29) is 46.3 Å². The fraction of sp³-hybridized carbons (Fsp3) is 0.367. The van der Waals surface area contributed by atoms with E-state index in [4.69, 9.17) is 16.3 Å². The molecule has 2 bridgehead atoms. The largest absolute Gasteiger partial charge is 0.483 e. The lowest BCUT2D eigenvalue weighted by Gasteiger charge is -2.43. The van der Waals surface area contributed by atoms with Gasteiger partial charge in [0, 0.05) is 32.3 Å². The molecule has 0 radical (unpaired) electrons. The Morgan fingerprint density at radius 3 is 2.56 bits per heavy atom. The second kappa shape index (κ2) is 10.5. The third-order valence-electron chi connectivity index (χ3n) is 9.23. The highest BCUT2D eigenvalue weighted by molar-refractivity contribution is 8.00. The highest BCUT2D eigenvalue weighted by Gasteiger charge is 2.70. The molecule has 3 N–H and O–H groups in total. The van der Waals surface area contributed by atoms with Gasteiger partial charge in [-0.3, -0.25) is 24.1 Å². The molecule has 2 aromatic carbocycles. The summed E-state index contributed by atoms with van der Waals surface area (Å²) in [6.07, 6.45) is 0.649. The number of halogens is 1. The number of amides is 3. The predicted octanol–water partition coefficient (Wildman–Crippen LogP) is 4.05. The minimum atomic E-state index is -1.25. The summed E-state index contributed by atoms with van der Waals surface area (Å²) < 4.78 is 6.07. The van der Waals surface area contributed by atoms with Gasteiger partial charge in [-0.05, 0) is 61.4 Å². The number of H-pyrrole nitrogens is 1. The van der Waals surface area contributed by atoms with Crippen molar-refractivity contribution in [2.75, 3.05) is 11.9 Å². The van der Waals surface area contributed by atoms with Crippen molar-refractivity contribution < 1.29 is 29.0 Å². The number of carboxylic acid groups (broad SMARTS) is 1. The number of thiazole rings is 1. The van der Waals surface area contributed by atoms with Crippen molar-refractivity contribution >= 4 is 64.1 Å². The topological polar surface area (TPSA) is 146 Å². The number of likely N-dealkylation sites (tertiary alicyclic amines) is 1. The molecule has 4 aliphatic rings. The van der Waals surface area contributed by atoms with Gasteiger partial charge in [0.15, 0.2) is 6.61 Å². The third-order valence-corrected chi connectivity index (χ3v) is 12.0. The Morgan fingerprint density at radius 2 is 1.84 bits per heavy atom. The van der Waals surface area contributed by atoms with E-state index in [1.54, 1.807) is 30.3 Å². The van der Waals surface area contributed by atoms with Gasteiger partial charge in [0.1, 0.15) is 11.8 Å². The van der Waals surface area contributed by atoms with Crippen LogP contribution in [0, 0.1) is 29.6 Å². The molecule has 43 heavy (non-hydrogen) atoms. The van der Waals surface area contributed by atoms with Crippen LogP contribution in [0.4, 0.5) is 5.69 Å². The number of carboxylic acids is 1. The van der Waals surface area contributed by atoms with Crippen molar-refractivity contribution in [2.24, 2.45) is 29.6 Å². The number of aromatic amines is 1. The standard InChI is InChI=1S/C30H26ClN3O7S2/c1-12(29(38)39)34-27(36)22-16-10-17(23(22)28(34)37)24-21(16)20(25-26(42-24)33-30(40)43-25)15-9-13(31)7-8-18(15)41-11-19(35)32-14-5-3-2-4-6-14/h2-9,12,16-17,20-24H,10-11H2,1H3,(H,32,35)(H,33,40)(H,38,39)/t12?,16?,17?,20-,21?,22?,23?,24?/m1/s1. The number of benzene rings is 2. The zero-order valence-corrected chi connectivity index (χ0v) is 25.1. The van der Waals surface area contributed by atoms with Crippen molar-refractivity contribution in [3.63, 3.8) is 0 Å². The van der Waals surface area contributed by atoms with Crippen LogP contribution < -0.4 is 14.9 Å². The van der Waals surface area contributed by atoms with E-state index in [1.807, 2.05) is 18.2 Å². The zero-order valence-electron chi connectivity index (χ0n) is 22.7. The molecule has 1 aromatic heterocycles. The first kappa shape index (κ1) is 28.2. The van der Waals surface area contributed by atoms with Gasteiger partial charge < -0.3 is 20.1 Å². The van der Waals surface area contributed by atoms with Gasteiger partial charge >= 0.3 is 10.8 Å². The minimum absolute atomic E-state index is 0.0981. The van der Waals surface area contributed by atoms with Gasteiger partial charge in [0.2, 0.25) is 11.8 Å². The number of nitrogens with one attached hydrogen (secondary N) is 2. The molecule has 2 aliphatic carbocycles. The molecule has 10 nitrogen and oxygen atoms in total. The average Bonchev–Trinajstić information content (AvgIpc) is 3.71. The van der Waals surface area contributed by atoms with E-state index in [2.05, 4.69) is 10.3 Å². The molecule has 222 valence electrons. The maximum atomic E-state index is 13.6. The van der Waals surface area contributed by atoms with Crippen LogP contribution in [0.3, 0.4) is 0 Å². The second-order valence-corrected chi connectivity index (χ2v) is 14.0. The summed E-state index contributed by atoms with van der Waals surface area (Å²) in [6, 6.07) is 12.9. The van der Waals surface area contributed by atoms with E-state index >= 15 is 0 Å². The lowest BCUT2D eigenvalue weighted by molar-refractivity contribution is -0.154. The number of aromatic nitrogens is 1. The number of ether oxygens (including phenoxy) is 1. The molecule has 7 unspecified atom stereocenters. The highest BCUT2D eigenvalue weighted by atomic mass is 35.5. The van der Waals surface area contributed by atoms with E-state index in [0.717, 1.165) is 21.1 Å². The molecule has 0 spiro atoms. The van der Waals surface area contributed by atoms with Crippen molar-refractivity contribution in [3.05, 3.63) is 73.7 Å². The first-order valence-electron chi connectivity index (χ1n) is 13.9. The molecule has 3 amide bonds. The van der Waals surface area contributed by atoms with Gasteiger partial charge in [-0.2, -0.15) is 0 Å². The highest BCUT2D eigenvalue weighted by Crippen LogP contribution is 2.69. The quantitative estimate of drug-likeness (QED) is 0.328. The van der Waals surface area contributed by atoms with Crippen molar-refractivity contribution in [2.45, 2.75) is 35.6 Å². The van der Waals surface area contributed by atoms with Crippen LogP contribution >= 0.6 is 34.7 Å². The molecule has 8 atom stereocenters. The molecule has 13 heteroatoms. The number of anilines is 1. The van der Waals surface area contributed by atoms with Crippen LogP contribution in [-0.2, 0) is 19.2 Å². The Kier molecular flexibility index (Phi) is 6.90. The molecule has 3 heterocycles. The Morgan fingerprint density at radius 1 is 1.12 bits per heavy atom. The number of aliphatic carboxylic acids is 1.